The molecule has 1 unspecified atom stereocenters. The predicted octanol–water partition coefficient (Wildman–Crippen LogP) is 1.78. The SMILES string of the molecule is COCC(O)CCNC(=O)NCc1cc(F)ccc1Br. The minimum atomic E-state index is -0.599. The number of benzene rings is 1. The lowest BCUT2D eigenvalue weighted by atomic mass is 10.2. The molecular weight excluding hydrogens is 331 g/mol. The molecule has 0 aliphatic rings. The number of ether oxygens (including phenoxy) is 1. The van der Waals surface area contributed by atoms with E-state index in [0.717, 1.165) is 4.47 Å². The van der Waals surface area contributed by atoms with Gasteiger partial charge in [-0.05, 0) is 30.2 Å². The van der Waals surface area contributed by atoms with Crippen LogP contribution < -0.4 is 10.6 Å². The van der Waals surface area contributed by atoms with Crippen molar-refractivity contribution in [3.63, 3.8) is 0 Å². The van der Waals surface area contributed by atoms with Crippen LogP contribution in [0.25, 0.3) is 0 Å². The Kier molecular flexibility index (Phi) is 7.50. The van der Waals surface area contributed by atoms with Crippen molar-refractivity contribution in [2.45, 2.75) is 19.1 Å². The Labute approximate surface area is 125 Å². The van der Waals surface area contributed by atoms with Crippen molar-refractivity contribution < 1.29 is 19.0 Å². The number of carbonyl (C=O) groups is 1. The number of aliphatic hydroxyl groups is 1. The van der Waals surface area contributed by atoms with Crippen LogP contribution in [-0.4, -0.2) is 37.5 Å². The van der Waals surface area contributed by atoms with Crippen molar-refractivity contribution in [2.24, 2.45) is 0 Å². The van der Waals surface area contributed by atoms with Crippen LogP contribution in [0, 0.1) is 5.82 Å². The van der Waals surface area contributed by atoms with E-state index in [9.17, 15) is 14.3 Å². The molecule has 0 aliphatic carbocycles. The average Bonchev–Trinajstić information content (AvgIpc) is 2.40. The van der Waals surface area contributed by atoms with E-state index >= 15 is 0 Å². The number of amides is 2. The average molecular weight is 349 g/mol. The molecule has 1 aromatic rings. The van der Waals surface area contributed by atoms with Gasteiger partial charge in [0, 0.05) is 24.7 Å². The first-order chi connectivity index (χ1) is 9.52. The normalized spacial score (nSPS) is 12.0. The Morgan fingerprint density at radius 1 is 1.50 bits per heavy atom. The number of urea groups is 1. The van der Waals surface area contributed by atoms with Crippen molar-refractivity contribution in [1.82, 2.24) is 10.6 Å². The maximum Gasteiger partial charge on any atom is 0.315 e. The third-order valence-electron chi connectivity index (χ3n) is 2.57. The molecule has 0 saturated heterocycles. The van der Waals surface area contributed by atoms with Gasteiger partial charge in [0.2, 0.25) is 0 Å². The Hall–Kier alpha value is -1.18. The zero-order valence-corrected chi connectivity index (χ0v) is 12.7. The van der Waals surface area contributed by atoms with E-state index in [1.165, 1.54) is 19.2 Å². The monoisotopic (exact) mass is 348 g/mol. The summed E-state index contributed by atoms with van der Waals surface area (Å²) in [5, 5.41) is 14.6. The Bertz CT molecular complexity index is 446. The maximum absolute atomic E-state index is 13.0. The summed E-state index contributed by atoms with van der Waals surface area (Å²) < 4.78 is 18.5. The standard InChI is InChI=1S/C13H18BrFN2O3/c1-20-8-11(18)4-5-16-13(19)17-7-9-6-10(15)2-3-12(9)14/h2-3,6,11,18H,4-5,7-8H2,1H3,(H2,16,17,19). The summed E-state index contributed by atoms with van der Waals surface area (Å²) >= 11 is 3.28. The van der Waals surface area contributed by atoms with Crippen LogP contribution in [0.2, 0.25) is 0 Å². The van der Waals surface area contributed by atoms with Crippen molar-refractivity contribution in [1.29, 1.82) is 0 Å². The van der Waals surface area contributed by atoms with Crippen molar-refractivity contribution in [2.75, 3.05) is 20.3 Å². The summed E-state index contributed by atoms with van der Waals surface area (Å²) in [6.45, 7) is 0.783. The summed E-state index contributed by atoms with van der Waals surface area (Å²) in [4.78, 5) is 11.5. The number of hydrogen-bond acceptors (Lipinski definition) is 3. The molecule has 0 heterocycles. The second kappa shape index (κ2) is 8.89. The second-order valence-corrected chi connectivity index (χ2v) is 5.10. The minimum Gasteiger partial charge on any atom is -0.391 e. The molecule has 1 rings (SSSR count). The van der Waals surface area contributed by atoms with Gasteiger partial charge in [0.15, 0.2) is 0 Å². The van der Waals surface area contributed by atoms with Gasteiger partial charge in [0.25, 0.3) is 0 Å². The largest absolute Gasteiger partial charge is 0.391 e. The quantitative estimate of drug-likeness (QED) is 0.703. The van der Waals surface area contributed by atoms with Crippen LogP contribution in [0.4, 0.5) is 9.18 Å². The van der Waals surface area contributed by atoms with Crippen molar-refractivity contribution in [3.8, 4) is 0 Å². The highest BCUT2D eigenvalue weighted by Crippen LogP contribution is 2.17. The summed E-state index contributed by atoms with van der Waals surface area (Å²) in [5.41, 5.74) is 0.652. The van der Waals surface area contributed by atoms with Crippen LogP contribution in [0.1, 0.15) is 12.0 Å². The van der Waals surface area contributed by atoms with Gasteiger partial charge in [-0.1, -0.05) is 15.9 Å². The van der Waals surface area contributed by atoms with Gasteiger partial charge in [-0.25, -0.2) is 9.18 Å². The van der Waals surface area contributed by atoms with Gasteiger partial charge in [-0.2, -0.15) is 0 Å². The molecular formula is C13H18BrFN2O3. The highest BCUT2D eigenvalue weighted by molar-refractivity contribution is 9.10. The molecule has 3 N–H and O–H groups in total. The number of hydrogen-bond donors (Lipinski definition) is 3. The fourth-order valence-corrected chi connectivity index (χ4v) is 1.93. The second-order valence-electron chi connectivity index (χ2n) is 4.24. The molecule has 0 saturated carbocycles. The van der Waals surface area contributed by atoms with Gasteiger partial charge in [-0.3, -0.25) is 0 Å². The number of aliphatic hydroxyl groups excluding tert-OH is 1. The molecule has 0 bridgehead atoms. The highest BCUT2D eigenvalue weighted by Gasteiger charge is 2.06. The Balaban J connectivity index is 2.28. The molecule has 0 aliphatic heterocycles. The number of halogens is 2. The fourth-order valence-electron chi connectivity index (χ4n) is 1.54. The van der Waals surface area contributed by atoms with Crippen LogP contribution in [-0.2, 0) is 11.3 Å². The molecule has 20 heavy (non-hydrogen) atoms. The summed E-state index contributed by atoms with van der Waals surface area (Å²) in [7, 11) is 1.50. The molecule has 1 aromatic carbocycles. The molecule has 5 nitrogen and oxygen atoms in total. The van der Waals surface area contributed by atoms with Crippen LogP contribution in [0.15, 0.2) is 22.7 Å². The zero-order chi connectivity index (χ0) is 15.0. The first-order valence-electron chi connectivity index (χ1n) is 6.15. The van der Waals surface area contributed by atoms with E-state index in [1.54, 1.807) is 6.07 Å². The first-order valence-corrected chi connectivity index (χ1v) is 6.95. The van der Waals surface area contributed by atoms with E-state index in [-0.39, 0.29) is 25.0 Å². The third kappa shape index (κ3) is 6.31. The lowest BCUT2D eigenvalue weighted by molar-refractivity contribution is 0.0598. The zero-order valence-electron chi connectivity index (χ0n) is 11.2. The van der Waals surface area contributed by atoms with E-state index in [1.807, 2.05) is 0 Å². The predicted molar refractivity (Wildman–Crippen MR) is 76.8 cm³/mol. The van der Waals surface area contributed by atoms with Crippen molar-refractivity contribution in [3.05, 3.63) is 34.1 Å². The van der Waals surface area contributed by atoms with E-state index in [2.05, 4.69) is 26.6 Å². The molecule has 0 aromatic heterocycles. The van der Waals surface area contributed by atoms with Crippen LogP contribution >= 0.6 is 15.9 Å². The molecule has 7 heteroatoms. The highest BCUT2D eigenvalue weighted by atomic mass is 79.9. The molecule has 112 valence electrons. The molecule has 0 spiro atoms. The lowest BCUT2D eigenvalue weighted by Crippen LogP contribution is -2.37. The molecule has 2 amide bonds. The van der Waals surface area contributed by atoms with E-state index < -0.39 is 6.10 Å². The van der Waals surface area contributed by atoms with E-state index in [4.69, 9.17) is 4.74 Å². The van der Waals surface area contributed by atoms with E-state index in [0.29, 0.717) is 18.5 Å². The molecule has 1 atom stereocenters. The Morgan fingerprint density at radius 2 is 2.25 bits per heavy atom. The fraction of sp³-hybridized carbons (Fsp3) is 0.462. The number of nitrogens with one attached hydrogen (secondary N) is 2. The summed E-state index contributed by atoms with van der Waals surface area (Å²) in [6, 6.07) is 3.91. The first kappa shape index (κ1) is 16.9. The Morgan fingerprint density at radius 3 is 2.95 bits per heavy atom. The molecule has 0 fully saturated rings. The van der Waals surface area contributed by atoms with Gasteiger partial charge < -0.3 is 20.5 Å². The van der Waals surface area contributed by atoms with Crippen molar-refractivity contribution >= 4 is 22.0 Å². The number of rotatable bonds is 7. The van der Waals surface area contributed by atoms with Crippen LogP contribution in [0.5, 0.6) is 0 Å². The van der Waals surface area contributed by atoms with Crippen LogP contribution in [0.3, 0.4) is 0 Å². The topological polar surface area (TPSA) is 70.6 Å². The maximum atomic E-state index is 13.0. The number of methoxy groups -OCH3 is 1. The summed E-state index contributed by atoms with van der Waals surface area (Å²) in [6.07, 6.45) is -0.192. The lowest BCUT2D eigenvalue weighted by Gasteiger charge is -2.11. The third-order valence-corrected chi connectivity index (χ3v) is 3.34. The number of carbonyl (C=O) groups excluding carboxylic acids is 1. The minimum absolute atomic E-state index is 0.213. The van der Waals surface area contributed by atoms with Gasteiger partial charge in [0.05, 0.1) is 12.7 Å². The molecule has 0 radical (unpaired) electrons. The smallest absolute Gasteiger partial charge is 0.315 e. The van der Waals surface area contributed by atoms with Gasteiger partial charge >= 0.3 is 6.03 Å². The summed E-state index contributed by atoms with van der Waals surface area (Å²) in [5.74, 6) is -0.354. The van der Waals surface area contributed by atoms with Gasteiger partial charge in [0.1, 0.15) is 5.82 Å². The van der Waals surface area contributed by atoms with Gasteiger partial charge in [-0.15, -0.1) is 0 Å².